The summed E-state index contributed by atoms with van der Waals surface area (Å²) in [4.78, 5) is 12.6. The molecule has 11 heteroatoms. The normalized spacial score (nSPS) is 15.8. The average molecular weight is 498 g/mol. The van der Waals surface area contributed by atoms with Crippen molar-refractivity contribution in [2.75, 3.05) is 31.2 Å². The average Bonchev–Trinajstić information content (AvgIpc) is 3.05. The molecule has 1 saturated heterocycles. The molecule has 2 aromatic carbocycles. The lowest BCUT2D eigenvalue weighted by atomic mass is 10.2. The minimum atomic E-state index is -3.79. The summed E-state index contributed by atoms with van der Waals surface area (Å²) in [5, 5.41) is 2.57. The second-order valence-corrected chi connectivity index (χ2v) is 11.9. The summed E-state index contributed by atoms with van der Waals surface area (Å²) in [5.74, 6) is -1.19. The number of carbonyl (C=O) groups excluding carboxylic acids is 1. The van der Waals surface area contributed by atoms with Crippen LogP contribution in [0.5, 0.6) is 0 Å². The van der Waals surface area contributed by atoms with Crippen molar-refractivity contribution in [1.29, 1.82) is 0 Å². The summed E-state index contributed by atoms with van der Waals surface area (Å²) >= 11 is 0. The van der Waals surface area contributed by atoms with Crippen LogP contribution in [0.4, 0.5) is 10.1 Å². The fourth-order valence-corrected chi connectivity index (χ4v) is 5.85. The summed E-state index contributed by atoms with van der Waals surface area (Å²) < 4.78 is 66.3. The zero-order valence-corrected chi connectivity index (χ0v) is 20.0. The zero-order valence-electron chi connectivity index (χ0n) is 18.4. The highest BCUT2D eigenvalue weighted by Gasteiger charge is 2.25. The van der Waals surface area contributed by atoms with E-state index in [0.29, 0.717) is 18.8 Å². The molecule has 0 aliphatic carbocycles. The van der Waals surface area contributed by atoms with Crippen molar-refractivity contribution in [1.82, 2.24) is 8.61 Å². The molecule has 1 N–H and O–H groups in total. The molecule has 1 amide bonds. The Bertz CT molecular complexity index is 1180. The predicted octanol–water partition coefficient (Wildman–Crippen LogP) is 2.79. The van der Waals surface area contributed by atoms with Crippen LogP contribution in [0, 0.1) is 5.82 Å². The van der Waals surface area contributed by atoms with Gasteiger partial charge in [-0.2, -0.15) is 8.61 Å². The van der Waals surface area contributed by atoms with E-state index >= 15 is 0 Å². The first-order valence-corrected chi connectivity index (χ1v) is 13.9. The van der Waals surface area contributed by atoms with Crippen molar-refractivity contribution in [3.05, 3.63) is 59.9 Å². The maximum atomic E-state index is 13.9. The first kappa shape index (κ1) is 25.3. The van der Waals surface area contributed by atoms with E-state index in [2.05, 4.69) is 5.32 Å². The van der Waals surface area contributed by atoms with E-state index < -0.39 is 38.3 Å². The molecule has 2 aromatic rings. The Balaban J connectivity index is 1.67. The lowest BCUT2D eigenvalue weighted by molar-refractivity contribution is -0.116. The standard InChI is InChI=1S/C22H28FN3O5S2/c1-32(28,29)26(16-18-8-4-5-9-21(18)23)17-22(27)24-19-10-12-20(13-11-19)33(30,31)25-14-6-2-3-7-15-25/h4-5,8-13H,2-3,6-7,14-17H2,1H3,(H,24,27). The van der Waals surface area contributed by atoms with Crippen LogP contribution < -0.4 is 5.32 Å². The van der Waals surface area contributed by atoms with Gasteiger partial charge in [0.15, 0.2) is 0 Å². The molecule has 0 unspecified atom stereocenters. The molecule has 3 rings (SSSR count). The Morgan fingerprint density at radius 3 is 2.15 bits per heavy atom. The highest BCUT2D eigenvalue weighted by Crippen LogP contribution is 2.22. The molecule has 1 aliphatic heterocycles. The summed E-state index contributed by atoms with van der Waals surface area (Å²) in [6, 6.07) is 11.5. The smallest absolute Gasteiger partial charge is 0.243 e. The number of nitrogens with one attached hydrogen (secondary N) is 1. The molecule has 1 heterocycles. The summed E-state index contributed by atoms with van der Waals surface area (Å²) in [6.45, 7) is 0.182. The van der Waals surface area contributed by atoms with Gasteiger partial charge in [0.05, 0.1) is 17.7 Å². The predicted molar refractivity (Wildman–Crippen MR) is 124 cm³/mol. The van der Waals surface area contributed by atoms with E-state index in [1.165, 1.54) is 46.8 Å². The number of rotatable bonds is 8. The van der Waals surface area contributed by atoms with Gasteiger partial charge < -0.3 is 5.32 Å². The number of sulfonamides is 2. The topological polar surface area (TPSA) is 104 Å². The maximum absolute atomic E-state index is 13.9. The van der Waals surface area contributed by atoms with Gasteiger partial charge >= 0.3 is 0 Å². The number of amides is 1. The van der Waals surface area contributed by atoms with Gasteiger partial charge in [0.1, 0.15) is 5.82 Å². The van der Waals surface area contributed by atoms with Crippen molar-refractivity contribution in [3.8, 4) is 0 Å². The number of benzene rings is 2. The molecule has 0 atom stereocenters. The number of nitrogens with zero attached hydrogens (tertiary/aromatic N) is 2. The van der Waals surface area contributed by atoms with E-state index in [1.807, 2.05) is 0 Å². The molecule has 1 aliphatic rings. The summed E-state index contributed by atoms with van der Waals surface area (Å²) in [6.07, 6.45) is 4.63. The van der Waals surface area contributed by atoms with E-state index in [-0.39, 0.29) is 17.0 Å². The van der Waals surface area contributed by atoms with Crippen LogP contribution in [0.1, 0.15) is 31.2 Å². The third kappa shape index (κ3) is 6.83. The molecule has 33 heavy (non-hydrogen) atoms. The van der Waals surface area contributed by atoms with E-state index in [1.54, 1.807) is 6.07 Å². The second-order valence-electron chi connectivity index (χ2n) is 8.01. The minimum absolute atomic E-state index is 0.139. The monoisotopic (exact) mass is 497 g/mol. The molecule has 8 nitrogen and oxygen atoms in total. The zero-order chi connectivity index (χ0) is 24.1. The van der Waals surface area contributed by atoms with Crippen LogP contribution >= 0.6 is 0 Å². The molecule has 0 radical (unpaired) electrons. The number of hydrogen-bond acceptors (Lipinski definition) is 5. The largest absolute Gasteiger partial charge is 0.325 e. The molecule has 0 saturated carbocycles. The molecule has 180 valence electrons. The van der Waals surface area contributed by atoms with Gasteiger partial charge in [-0.05, 0) is 43.2 Å². The lowest BCUT2D eigenvalue weighted by Crippen LogP contribution is -2.37. The molecular weight excluding hydrogens is 469 g/mol. The van der Waals surface area contributed by atoms with Gasteiger partial charge in [-0.3, -0.25) is 4.79 Å². The molecular formula is C22H28FN3O5S2. The van der Waals surface area contributed by atoms with Crippen LogP contribution in [0.3, 0.4) is 0 Å². The van der Waals surface area contributed by atoms with Crippen LogP contribution in [-0.4, -0.2) is 57.2 Å². The third-order valence-corrected chi connectivity index (χ3v) is 8.54. The molecule has 0 bridgehead atoms. The van der Waals surface area contributed by atoms with Crippen LogP contribution in [0.2, 0.25) is 0 Å². The van der Waals surface area contributed by atoms with E-state index in [0.717, 1.165) is 36.2 Å². The van der Waals surface area contributed by atoms with Crippen molar-refractivity contribution in [2.45, 2.75) is 37.1 Å². The van der Waals surface area contributed by atoms with Crippen molar-refractivity contribution >= 4 is 31.6 Å². The Hall–Kier alpha value is -2.34. The number of anilines is 1. The highest BCUT2D eigenvalue weighted by atomic mass is 32.2. The SMILES string of the molecule is CS(=O)(=O)N(CC(=O)Nc1ccc(S(=O)(=O)N2CCCCCC2)cc1)Cc1ccccc1F. The Morgan fingerprint density at radius 2 is 1.58 bits per heavy atom. The number of carbonyl (C=O) groups is 1. The third-order valence-electron chi connectivity index (χ3n) is 5.43. The van der Waals surface area contributed by atoms with Gasteiger partial charge in [-0.1, -0.05) is 31.0 Å². The first-order chi connectivity index (χ1) is 15.6. The highest BCUT2D eigenvalue weighted by molar-refractivity contribution is 7.89. The van der Waals surface area contributed by atoms with Crippen LogP contribution in [0.15, 0.2) is 53.4 Å². The van der Waals surface area contributed by atoms with Crippen molar-refractivity contribution < 1.29 is 26.0 Å². The first-order valence-electron chi connectivity index (χ1n) is 10.7. The van der Waals surface area contributed by atoms with Crippen LogP contribution in [-0.2, 0) is 31.4 Å². The van der Waals surface area contributed by atoms with Gasteiger partial charge in [-0.15, -0.1) is 0 Å². The lowest BCUT2D eigenvalue weighted by Gasteiger charge is -2.21. The molecule has 0 aromatic heterocycles. The quantitative estimate of drug-likeness (QED) is 0.604. The molecule has 1 fully saturated rings. The minimum Gasteiger partial charge on any atom is -0.325 e. The summed E-state index contributed by atoms with van der Waals surface area (Å²) in [7, 11) is -7.40. The van der Waals surface area contributed by atoms with Crippen molar-refractivity contribution in [2.24, 2.45) is 0 Å². The fourth-order valence-electron chi connectivity index (χ4n) is 3.61. The van der Waals surface area contributed by atoms with Crippen LogP contribution in [0.25, 0.3) is 0 Å². The Morgan fingerprint density at radius 1 is 0.970 bits per heavy atom. The Labute approximate surface area is 194 Å². The molecule has 0 spiro atoms. The van der Waals surface area contributed by atoms with Gasteiger partial charge in [-0.25, -0.2) is 21.2 Å². The van der Waals surface area contributed by atoms with Gasteiger partial charge in [0, 0.05) is 30.9 Å². The Kier molecular flexibility index (Phi) is 8.22. The van der Waals surface area contributed by atoms with E-state index in [4.69, 9.17) is 0 Å². The van der Waals surface area contributed by atoms with Gasteiger partial charge in [0.2, 0.25) is 26.0 Å². The van der Waals surface area contributed by atoms with E-state index in [9.17, 15) is 26.0 Å². The number of hydrogen-bond donors (Lipinski definition) is 1. The fraction of sp³-hybridized carbons (Fsp3) is 0.409. The van der Waals surface area contributed by atoms with Gasteiger partial charge in [0.25, 0.3) is 0 Å². The summed E-state index contributed by atoms with van der Waals surface area (Å²) in [5.41, 5.74) is 0.480. The van der Waals surface area contributed by atoms with Crippen molar-refractivity contribution in [3.63, 3.8) is 0 Å². The maximum Gasteiger partial charge on any atom is 0.243 e. The second kappa shape index (κ2) is 10.7. The number of halogens is 1.